The molecule has 8 heteroatoms. The van der Waals surface area contributed by atoms with Gasteiger partial charge in [-0.1, -0.05) is 17.7 Å². The Kier molecular flexibility index (Phi) is 6.15. The van der Waals surface area contributed by atoms with E-state index in [1.807, 2.05) is 0 Å². The number of hydrogen-bond donors (Lipinski definition) is 1. The minimum Gasteiger partial charge on any atom is -0.371 e. The number of benzene rings is 1. The van der Waals surface area contributed by atoms with Crippen molar-refractivity contribution >= 4 is 17.5 Å². The Hall–Kier alpha value is -2.25. The highest BCUT2D eigenvalue weighted by molar-refractivity contribution is 5.83. The SMILES string of the molecule is Cc1ccc(N2CCC(CNC(=O)C3CCN(C(=O)C(F)(F)F)CC3)C2)cc1. The van der Waals surface area contributed by atoms with Gasteiger partial charge in [-0.15, -0.1) is 0 Å². The van der Waals surface area contributed by atoms with Crippen LogP contribution in [0.1, 0.15) is 24.8 Å². The lowest BCUT2D eigenvalue weighted by atomic mass is 9.95. The molecule has 1 atom stereocenters. The lowest BCUT2D eigenvalue weighted by molar-refractivity contribution is -0.186. The number of carbonyl (C=O) groups is 2. The monoisotopic (exact) mass is 397 g/mol. The van der Waals surface area contributed by atoms with Crippen molar-refractivity contribution in [2.45, 2.75) is 32.4 Å². The Morgan fingerprint density at radius 2 is 1.71 bits per heavy atom. The van der Waals surface area contributed by atoms with E-state index in [4.69, 9.17) is 0 Å². The second kappa shape index (κ2) is 8.41. The number of nitrogens with zero attached hydrogens (tertiary/aromatic N) is 2. The first-order chi connectivity index (χ1) is 13.2. The number of likely N-dealkylation sites (tertiary alicyclic amines) is 1. The first-order valence-electron chi connectivity index (χ1n) is 9.69. The van der Waals surface area contributed by atoms with Crippen LogP contribution < -0.4 is 10.2 Å². The molecule has 3 rings (SSSR count). The summed E-state index contributed by atoms with van der Waals surface area (Å²) in [5, 5.41) is 2.96. The molecular formula is C20H26F3N3O2. The van der Waals surface area contributed by atoms with E-state index in [9.17, 15) is 22.8 Å². The van der Waals surface area contributed by atoms with Gasteiger partial charge in [0.05, 0.1) is 0 Å². The summed E-state index contributed by atoms with van der Waals surface area (Å²) in [7, 11) is 0. The van der Waals surface area contributed by atoms with Gasteiger partial charge in [0.1, 0.15) is 0 Å². The predicted octanol–water partition coefficient (Wildman–Crippen LogP) is 2.74. The Morgan fingerprint density at radius 3 is 2.32 bits per heavy atom. The molecule has 2 aliphatic heterocycles. The molecule has 0 bridgehead atoms. The molecule has 0 aliphatic carbocycles. The number of aryl methyl sites for hydroxylation is 1. The minimum absolute atomic E-state index is 0.0267. The Labute approximate surface area is 162 Å². The lowest BCUT2D eigenvalue weighted by Gasteiger charge is -2.31. The second-order valence-corrected chi connectivity index (χ2v) is 7.75. The van der Waals surface area contributed by atoms with Crippen LogP contribution in [0.4, 0.5) is 18.9 Å². The number of anilines is 1. The van der Waals surface area contributed by atoms with Crippen LogP contribution in [0.2, 0.25) is 0 Å². The molecule has 2 heterocycles. The molecule has 2 fully saturated rings. The number of halogens is 3. The Balaban J connectivity index is 1.41. The van der Waals surface area contributed by atoms with Crippen LogP contribution in [-0.2, 0) is 9.59 Å². The minimum atomic E-state index is -4.85. The van der Waals surface area contributed by atoms with Crippen LogP contribution in [-0.4, -0.2) is 55.6 Å². The Morgan fingerprint density at radius 1 is 1.07 bits per heavy atom. The van der Waals surface area contributed by atoms with Gasteiger partial charge in [-0.25, -0.2) is 0 Å². The molecule has 1 aromatic rings. The normalized spacial score (nSPS) is 21.1. The molecule has 0 saturated carbocycles. The van der Waals surface area contributed by atoms with E-state index >= 15 is 0 Å². The molecule has 2 aliphatic rings. The number of rotatable bonds is 4. The van der Waals surface area contributed by atoms with E-state index in [2.05, 4.69) is 41.4 Å². The number of amides is 2. The van der Waals surface area contributed by atoms with Crippen molar-refractivity contribution in [1.82, 2.24) is 10.2 Å². The van der Waals surface area contributed by atoms with E-state index in [1.165, 1.54) is 11.3 Å². The average Bonchev–Trinajstić information content (AvgIpc) is 3.14. The molecule has 0 spiro atoms. The lowest BCUT2D eigenvalue weighted by Crippen LogP contribution is -2.48. The highest BCUT2D eigenvalue weighted by Crippen LogP contribution is 2.25. The van der Waals surface area contributed by atoms with Crippen LogP contribution in [0.25, 0.3) is 0 Å². The molecular weight excluding hydrogens is 371 g/mol. The smallest absolute Gasteiger partial charge is 0.371 e. The molecule has 0 aromatic heterocycles. The maximum absolute atomic E-state index is 12.5. The zero-order valence-corrected chi connectivity index (χ0v) is 16.0. The van der Waals surface area contributed by atoms with E-state index in [-0.39, 0.29) is 37.8 Å². The van der Waals surface area contributed by atoms with Gasteiger partial charge in [0, 0.05) is 44.3 Å². The molecule has 2 saturated heterocycles. The topological polar surface area (TPSA) is 52.7 Å². The fourth-order valence-corrected chi connectivity index (χ4v) is 3.90. The van der Waals surface area contributed by atoms with Crippen molar-refractivity contribution in [3.63, 3.8) is 0 Å². The van der Waals surface area contributed by atoms with Crippen molar-refractivity contribution in [2.24, 2.45) is 11.8 Å². The van der Waals surface area contributed by atoms with Gasteiger partial charge in [-0.2, -0.15) is 13.2 Å². The standard InChI is InChI=1S/C20H26F3N3O2/c1-14-2-4-17(5-3-14)26-9-6-15(13-26)12-24-18(27)16-7-10-25(11-8-16)19(28)20(21,22)23/h2-5,15-16H,6-13H2,1H3,(H,24,27). The van der Waals surface area contributed by atoms with Gasteiger partial charge in [0.15, 0.2) is 0 Å². The molecule has 1 aromatic carbocycles. The van der Waals surface area contributed by atoms with Crippen LogP contribution >= 0.6 is 0 Å². The number of alkyl halides is 3. The summed E-state index contributed by atoms with van der Waals surface area (Å²) in [4.78, 5) is 26.7. The fraction of sp³-hybridized carbons (Fsp3) is 0.600. The molecule has 2 amide bonds. The first-order valence-corrected chi connectivity index (χ1v) is 9.69. The molecule has 28 heavy (non-hydrogen) atoms. The van der Waals surface area contributed by atoms with Crippen LogP contribution in [0.3, 0.4) is 0 Å². The van der Waals surface area contributed by atoms with E-state index in [0.717, 1.165) is 24.4 Å². The fourth-order valence-electron chi connectivity index (χ4n) is 3.90. The molecule has 1 unspecified atom stereocenters. The molecule has 0 radical (unpaired) electrons. The van der Waals surface area contributed by atoms with Crippen LogP contribution in [0.5, 0.6) is 0 Å². The van der Waals surface area contributed by atoms with Gasteiger partial charge in [0.25, 0.3) is 0 Å². The zero-order valence-electron chi connectivity index (χ0n) is 16.0. The summed E-state index contributed by atoms with van der Waals surface area (Å²) in [6, 6.07) is 8.37. The number of carbonyl (C=O) groups excluding carboxylic acids is 2. The van der Waals surface area contributed by atoms with Crippen LogP contribution in [0, 0.1) is 18.8 Å². The van der Waals surface area contributed by atoms with Crippen molar-refractivity contribution < 1.29 is 22.8 Å². The maximum atomic E-state index is 12.5. The quantitative estimate of drug-likeness (QED) is 0.850. The van der Waals surface area contributed by atoms with Crippen molar-refractivity contribution in [2.75, 3.05) is 37.6 Å². The summed E-state index contributed by atoms with van der Waals surface area (Å²) in [6.45, 7) is 4.39. The predicted molar refractivity (Wildman–Crippen MR) is 99.9 cm³/mol. The van der Waals surface area contributed by atoms with Gasteiger partial charge in [0.2, 0.25) is 5.91 Å². The van der Waals surface area contributed by atoms with Crippen LogP contribution in [0.15, 0.2) is 24.3 Å². The van der Waals surface area contributed by atoms with Crippen molar-refractivity contribution in [1.29, 1.82) is 0 Å². The van der Waals surface area contributed by atoms with Gasteiger partial charge in [-0.3, -0.25) is 9.59 Å². The van der Waals surface area contributed by atoms with Crippen molar-refractivity contribution in [3.8, 4) is 0 Å². The van der Waals surface area contributed by atoms with Gasteiger partial charge in [-0.05, 0) is 44.2 Å². The molecule has 5 nitrogen and oxygen atoms in total. The number of nitrogens with one attached hydrogen (secondary N) is 1. The number of piperidine rings is 1. The summed E-state index contributed by atoms with van der Waals surface area (Å²) < 4.78 is 37.4. The first kappa shape index (κ1) is 20.5. The average molecular weight is 397 g/mol. The summed E-state index contributed by atoms with van der Waals surface area (Å²) >= 11 is 0. The summed E-state index contributed by atoms with van der Waals surface area (Å²) in [5.74, 6) is -1.90. The van der Waals surface area contributed by atoms with Crippen molar-refractivity contribution in [3.05, 3.63) is 29.8 Å². The maximum Gasteiger partial charge on any atom is 0.471 e. The Bertz CT molecular complexity index is 698. The molecule has 1 N–H and O–H groups in total. The second-order valence-electron chi connectivity index (χ2n) is 7.75. The third kappa shape index (κ3) is 4.97. The largest absolute Gasteiger partial charge is 0.471 e. The van der Waals surface area contributed by atoms with E-state index < -0.39 is 12.1 Å². The van der Waals surface area contributed by atoms with Gasteiger partial charge < -0.3 is 15.1 Å². The summed E-state index contributed by atoms with van der Waals surface area (Å²) in [5.41, 5.74) is 2.40. The summed E-state index contributed by atoms with van der Waals surface area (Å²) in [6.07, 6.45) is -3.31. The van der Waals surface area contributed by atoms with E-state index in [1.54, 1.807) is 0 Å². The third-order valence-electron chi connectivity index (χ3n) is 5.65. The van der Waals surface area contributed by atoms with E-state index in [0.29, 0.717) is 12.5 Å². The van der Waals surface area contributed by atoms with Gasteiger partial charge >= 0.3 is 12.1 Å². The number of hydrogen-bond acceptors (Lipinski definition) is 3. The molecule has 154 valence electrons. The highest BCUT2D eigenvalue weighted by atomic mass is 19.4. The zero-order chi connectivity index (χ0) is 20.3. The highest BCUT2D eigenvalue weighted by Gasteiger charge is 2.43. The third-order valence-corrected chi connectivity index (χ3v) is 5.65.